The number of carbonyl (C=O) groups is 1. The molecule has 190 valence electrons. The molecule has 5 heterocycles. The Labute approximate surface area is 212 Å². The number of nitrogen functional groups attached to an aromatic ring is 1. The van der Waals surface area contributed by atoms with Crippen molar-refractivity contribution in [1.82, 2.24) is 24.1 Å². The van der Waals surface area contributed by atoms with Crippen LogP contribution >= 0.6 is 11.3 Å². The molecule has 6 rings (SSSR count). The number of hydrogen-bond acceptors (Lipinski definition) is 9. The number of carboxylic acids is 1. The van der Waals surface area contributed by atoms with E-state index in [1.54, 1.807) is 23.0 Å². The van der Waals surface area contributed by atoms with Crippen LogP contribution in [0.15, 0.2) is 51.9 Å². The van der Waals surface area contributed by atoms with E-state index in [0.29, 0.717) is 72.3 Å². The molecule has 1 aliphatic heterocycles. The maximum atomic E-state index is 14.5. The Morgan fingerprint density at radius 1 is 1.16 bits per heavy atom. The molecule has 1 fully saturated rings. The molecule has 0 saturated carbocycles. The summed E-state index contributed by atoms with van der Waals surface area (Å²) in [4.78, 5) is 32.4. The third kappa shape index (κ3) is 4.11. The second-order valence-corrected chi connectivity index (χ2v) is 9.71. The lowest BCUT2D eigenvalue weighted by Gasteiger charge is -2.36. The van der Waals surface area contributed by atoms with Crippen molar-refractivity contribution in [3.63, 3.8) is 0 Å². The van der Waals surface area contributed by atoms with Crippen molar-refractivity contribution in [2.75, 3.05) is 43.4 Å². The number of nitrogens with zero attached hydrogens (tertiary/aromatic N) is 6. The van der Waals surface area contributed by atoms with Crippen LogP contribution in [0.1, 0.15) is 10.4 Å². The van der Waals surface area contributed by atoms with Crippen LogP contribution in [-0.2, 0) is 6.54 Å². The van der Waals surface area contributed by atoms with Gasteiger partial charge in [0, 0.05) is 39.3 Å². The predicted octanol–water partition coefficient (Wildman–Crippen LogP) is 2.61. The predicted molar refractivity (Wildman–Crippen MR) is 137 cm³/mol. The number of thiazole rings is 1. The minimum Gasteiger partial charge on any atom is -0.478 e. The Hall–Kier alpha value is -4.23. The van der Waals surface area contributed by atoms with E-state index in [-0.39, 0.29) is 16.4 Å². The van der Waals surface area contributed by atoms with Gasteiger partial charge >= 0.3 is 10.8 Å². The molecule has 0 radical (unpaired) electrons. The van der Waals surface area contributed by atoms with E-state index >= 15 is 0 Å². The number of furan rings is 1. The number of hydrogen-bond donors (Lipinski definition) is 2. The molecule has 0 spiro atoms. The number of benzene rings is 1. The van der Waals surface area contributed by atoms with Gasteiger partial charge in [-0.3, -0.25) is 14.3 Å². The van der Waals surface area contributed by atoms with E-state index in [1.807, 2.05) is 11.0 Å². The number of fused-ring (bicyclic) bond motifs is 3. The highest BCUT2D eigenvalue weighted by Crippen LogP contribution is 2.28. The fourth-order valence-electron chi connectivity index (χ4n) is 4.64. The molecule has 4 aromatic heterocycles. The molecule has 37 heavy (non-hydrogen) atoms. The van der Waals surface area contributed by atoms with Crippen LogP contribution < -0.4 is 15.5 Å². The fourth-order valence-corrected chi connectivity index (χ4v) is 5.60. The fraction of sp³-hybridized carbons (Fsp3) is 0.250. The van der Waals surface area contributed by atoms with E-state index in [1.165, 1.54) is 16.6 Å². The molecular weight excluding hydrogens is 501 g/mol. The first kappa shape index (κ1) is 23.2. The van der Waals surface area contributed by atoms with Gasteiger partial charge in [0.15, 0.2) is 11.4 Å². The van der Waals surface area contributed by atoms with E-state index in [9.17, 15) is 14.0 Å². The van der Waals surface area contributed by atoms with E-state index in [0.717, 1.165) is 17.4 Å². The minimum atomic E-state index is -1.16. The highest BCUT2D eigenvalue weighted by molar-refractivity contribution is 7.17. The molecule has 0 amide bonds. The smallest absolute Gasteiger partial charge is 0.335 e. The first-order chi connectivity index (χ1) is 17.9. The molecule has 5 aromatic rings. The summed E-state index contributed by atoms with van der Waals surface area (Å²) in [5.41, 5.74) is 8.31. The number of carboxylic acid groups (broad SMARTS) is 1. The van der Waals surface area contributed by atoms with E-state index in [4.69, 9.17) is 15.3 Å². The number of rotatable bonds is 6. The highest BCUT2D eigenvalue weighted by atomic mass is 32.1. The Morgan fingerprint density at radius 3 is 2.68 bits per heavy atom. The average Bonchev–Trinajstić information content (AvgIpc) is 3.62. The van der Waals surface area contributed by atoms with Gasteiger partial charge in [-0.15, -0.1) is 0 Å². The quantitative estimate of drug-likeness (QED) is 0.344. The summed E-state index contributed by atoms with van der Waals surface area (Å²) < 4.78 is 23.7. The summed E-state index contributed by atoms with van der Waals surface area (Å²) >= 11 is 1.10. The summed E-state index contributed by atoms with van der Waals surface area (Å²) in [5.74, 6) is -0.930. The summed E-state index contributed by atoms with van der Waals surface area (Å²) in [5, 5.41) is 13.5. The van der Waals surface area contributed by atoms with Crippen LogP contribution in [-0.4, -0.2) is 67.9 Å². The maximum Gasteiger partial charge on any atom is 0.335 e. The molecule has 0 bridgehead atoms. The maximum absolute atomic E-state index is 14.5. The van der Waals surface area contributed by atoms with Crippen LogP contribution in [0.2, 0.25) is 0 Å². The van der Waals surface area contributed by atoms with Gasteiger partial charge in [-0.05, 0) is 36.4 Å². The van der Waals surface area contributed by atoms with E-state index in [2.05, 4.69) is 15.0 Å². The number of aromatic carboxylic acids is 1. The zero-order chi connectivity index (χ0) is 25.7. The third-order valence-corrected chi connectivity index (χ3v) is 7.56. The molecule has 0 aliphatic carbocycles. The van der Waals surface area contributed by atoms with Crippen molar-refractivity contribution in [1.29, 1.82) is 0 Å². The van der Waals surface area contributed by atoms with Crippen molar-refractivity contribution in [2.24, 2.45) is 0 Å². The second-order valence-electron chi connectivity index (χ2n) is 8.75. The molecule has 0 atom stereocenters. The summed E-state index contributed by atoms with van der Waals surface area (Å²) in [6, 6.07) is 9.38. The third-order valence-electron chi connectivity index (χ3n) is 6.57. The van der Waals surface area contributed by atoms with Crippen molar-refractivity contribution in [2.45, 2.75) is 6.54 Å². The van der Waals surface area contributed by atoms with Crippen molar-refractivity contribution >= 4 is 44.8 Å². The standard InChI is InChI=1S/C24H22FN7O4S/c25-15-12-14(22(33)34)3-4-17(15)30-8-5-29(6-9-30)7-10-31-21-20(37-24(31)35)18-13-16(19-2-1-11-36-19)28-32(18)23(26)27-21/h1-4,11-13H,5-10H2,(H2,26,27)(H,33,34). The van der Waals surface area contributed by atoms with Gasteiger partial charge in [0.25, 0.3) is 0 Å². The lowest BCUT2D eigenvalue weighted by molar-refractivity contribution is 0.0696. The minimum absolute atomic E-state index is 0.0760. The summed E-state index contributed by atoms with van der Waals surface area (Å²) in [7, 11) is 0. The van der Waals surface area contributed by atoms with Gasteiger partial charge in [0.05, 0.1) is 23.0 Å². The van der Waals surface area contributed by atoms with Crippen LogP contribution in [0.25, 0.3) is 27.3 Å². The molecule has 1 aliphatic rings. The topological polar surface area (TPSA) is 135 Å². The molecule has 1 saturated heterocycles. The number of halogens is 1. The Bertz CT molecular complexity index is 1680. The van der Waals surface area contributed by atoms with Gasteiger partial charge in [-0.25, -0.2) is 9.18 Å². The first-order valence-corrected chi connectivity index (χ1v) is 12.4. The Kier molecular flexibility index (Phi) is 5.65. The first-order valence-electron chi connectivity index (χ1n) is 11.6. The number of aromatic nitrogens is 4. The van der Waals surface area contributed by atoms with Crippen molar-refractivity contribution in [3.8, 4) is 11.5 Å². The number of anilines is 2. The lowest BCUT2D eigenvalue weighted by atomic mass is 10.1. The number of nitrogens with two attached hydrogens (primary N) is 1. The van der Waals surface area contributed by atoms with Gasteiger partial charge in [0.2, 0.25) is 5.95 Å². The average molecular weight is 524 g/mol. The summed E-state index contributed by atoms with van der Waals surface area (Å²) in [6.45, 7) is 3.56. The van der Waals surface area contributed by atoms with Crippen LogP contribution in [0, 0.1) is 5.82 Å². The zero-order valence-electron chi connectivity index (χ0n) is 19.5. The Balaban J connectivity index is 1.18. The van der Waals surface area contributed by atoms with Crippen LogP contribution in [0.3, 0.4) is 0 Å². The highest BCUT2D eigenvalue weighted by Gasteiger charge is 2.22. The molecule has 3 N–H and O–H groups in total. The number of piperazine rings is 1. The summed E-state index contributed by atoms with van der Waals surface area (Å²) in [6.07, 6.45) is 1.57. The molecular formula is C24H22FN7O4S. The van der Waals surface area contributed by atoms with Gasteiger partial charge < -0.3 is 20.2 Å². The normalized spacial score (nSPS) is 14.7. The van der Waals surface area contributed by atoms with Crippen molar-refractivity contribution < 1.29 is 18.7 Å². The lowest BCUT2D eigenvalue weighted by Crippen LogP contribution is -2.47. The largest absolute Gasteiger partial charge is 0.478 e. The van der Waals surface area contributed by atoms with Gasteiger partial charge in [-0.2, -0.15) is 14.6 Å². The monoisotopic (exact) mass is 523 g/mol. The van der Waals surface area contributed by atoms with Gasteiger partial charge in [0.1, 0.15) is 16.2 Å². The van der Waals surface area contributed by atoms with Crippen molar-refractivity contribution in [3.05, 3.63) is 63.7 Å². The molecule has 11 nitrogen and oxygen atoms in total. The second kappa shape index (κ2) is 9.01. The van der Waals surface area contributed by atoms with Crippen LogP contribution in [0.4, 0.5) is 16.0 Å². The van der Waals surface area contributed by atoms with E-state index < -0.39 is 11.8 Å². The van der Waals surface area contributed by atoms with Crippen LogP contribution in [0.5, 0.6) is 0 Å². The Morgan fingerprint density at radius 2 is 1.97 bits per heavy atom. The molecule has 13 heteroatoms. The molecule has 0 unspecified atom stereocenters. The SMILES string of the molecule is Nc1nc2c(sc(=O)n2CCN2CCN(c3ccc(C(=O)O)cc3F)CC2)c2cc(-c3ccco3)nn12. The van der Waals surface area contributed by atoms with Gasteiger partial charge in [-0.1, -0.05) is 11.3 Å². The molecule has 1 aromatic carbocycles. The zero-order valence-corrected chi connectivity index (χ0v) is 20.3.